The molecule has 0 bridgehead atoms. The Hall–Kier alpha value is -4.09. The first-order valence-electron chi connectivity index (χ1n) is 19.1. The number of phenols is 4. The molecule has 1 heterocycles. The molecule has 7 aromatic carbocycles. The van der Waals surface area contributed by atoms with Gasteiger partial charge in [-0.3, -0.25) is 0 Å². The number of anilines is 10. The number of phenolic OH excluding ortho intramolecular Hbond substituents is 4. The first-order chi connectivity index (χ1) is 32.3. The smallest absolute Gasteiger partial charge is 0.744 e. The van der Waals surface area contributed by atoms with Crippen LogP contribution in [0, 0.1) is 0 Å². The molecule has 0 fully saturated rings. The summed E-state index contributed by atoms with van der Waals surface area (Å²) >= 11 is 0. The zero-order valence-electron chi connectivity index (χ0n) is 38.1. The Morgan fingerprint density at radius 3 is 1.08 bits per heavy atom. The van der Waals surface area contributed by atoms with Gasteiger partial charge in [-0.1, -0.05) is 18.2 Å². The van der Waals surface area contributed by atoms with Gasteiger partial charge in [0.15, 0.2) is 0 Å². The molecule has 0 saturated heterocycles. The van der Waals surface area contributed by atoms with Gasteiger partial charge in [-0.05, 0) is 108 Å². The molecule has 0 aliphatic heterocycles. The van der Waals surface area contributed by atoms with Crippen molar-refractivity contribution in [2.75, 3.05) is 26.6 Å². The van der Waals surface area contributed by atoms with Gasteiger partial charge in [-0.25, -0.2) is 33.7 Å². The number of hydrogen-bond acceptors (Lipinski definition) is 24. The first kappa shape index (κ1) is 61.5. The molecule has 73 heavy (non-hydrogen) atoms. The normalized spacial score (nSPS) is 11.5. The average Bonchev–Trinajstić information content (AvgIpc) is 3.25. The Morgan fingerprint density at radius 2 is 0.740 bits per heavy atom. The Morgan fingerprint density at radius 1 is 0.384 bits per heavy atom. The van der Waals surface area contributed by atoms with Gasteiger partial charge in [0.05, 0.1) is 42.3 Å². The molecule has 0 unspecified atom stereocenters. The number of fused-ring (bicyclic) bond motifs is 2. The SMILES string of the molecule is O=S(=O)([O-])c1ccc(O)c(Nc2c(S(=O)(=O)[O-])cc3cc(Nc4nc(Nc5ccccc5)nc(Nc5ccc6c(O)c(Nc7cc(S(=O)(=O)[O-])ccc7O)c(S(=O)(=O)[O-])cc6c5)n4)ccc3c2O)c1.[Na+].[Na+].[Na+].[Na+]. The van der Waals surface area contributed by atoms with Crippen LogP contribution >= 0.6 is 0 Å². The van der Waals surface area contributed by atoms with E-state index >= 15 is 0 Å². The van der Waals surface area contributed by atoms with Crippen LogP contribution in [0.1, 0.15) is 0 Å². The van der Waals surface area contributed by atoms with Crippen LogP contribution < -0.4 is 145 Å². The van der Waals surface area contributed by atoms with Crippen LogP contribution in [-0.2, 0) is 40.5 Å². The number of nitrogens with zero attached hydrogens (tertiary/aromatic N) is 3. The van der Waals surface area contributed by atoms with E-state index < -0.39 is 106 Å². The van der Waals surface area contributed by atoms with Gasteiger partial charge >= 0.3 is 118 Å². The molecule has 0 radical (unpaired) electrons. The Labute approximate surface area is 503 Å². The van der Waals surface area contributed by atoms with Gasteiger partial charge < -0.3 is 65.2 Å². The number of aromatic hydroxyl groups is 4. The predicted molar refractivity (Wildman–Crippen MR) is 242 cm³/mol. The monoisotopic (exact) mass is 1110 g/mol. The zero-order chi connectivity index (χ0) is 49.8. The van der Waals surface area contributed by atoms with E-state index in [1.165, 1.54) is 36.4 Å². The van der Waals surface area contributed by atoms with Crippen LogP contribution in [0.25, 0.3) is 21.5 Å². The summed E-state index contributed by atoms with van der Waals surface area (Å²) in [6, 6.07) is 23.0. The molecule has 32 heteroatoms. The van der Waals surface area contributed by atoms with Crippen molar-refractivity contribution in [2.24, 2.45) is 0 Å². The van der Waals surface area contributed by atoms with E-state index in [9.17, 15) is 72.3 Å². The Bertz CT molecular complexity index is 3680. The van der Waals surface area contributed by atoms with Crippen molar-refractivity contribution < 1.29 is 191 Å². The third-order valence-corrected chi connectivity index (χ3v) is 13.3. The maximum Gasteiger partial charge on any atom is 1.00 e. The molecule has 0 amide bonds. The third-order valence-electron chi connectivity index (χ3n) is 9.90. The standard InChI is InChI=1S/C41H32N8O16S4.4Na/c50-31-12-8-25(66(54,55)56)18-29(31)45-35-33(68(60,61)62)16-20-14-23(6-10-27(20)37(35)52)43-40-47-39(42-22-4-2-1-3-5-22)48-41(49-40)44-24-7-11-28-21(15-24)17-34(69(63,64)65)36(38(28)53)46-30-19-26(67(57,58)59)9-13-32(30)51;;;;/h1-19,45-46,50-53H,(H,54,55,56)(H,57,58,59)(H,60,61,62)(H,63,64,65)(H3,42,43,44,47,48,49);;;;/q;4*+1/p-4. The van der Waals surface area contributed by atoms with Crippen LogP contribution in [0.4, 0.5) is 57.7 Å². The minimum Gasteiger partial charge on any atom is -0.744 e. The summed E-state index contributed by atoms with van der Waals surface area (Å²) in [6.45, 7) is 0. The zero-order valence-corrected chi connectivity index (χ0v) is 49.4. The van der Waals surface area contributed by atoms with E-state index in [-0.39, 0.29) is 169 Å². The van der Waals surface area contributed by atoms with Crippen molar-refractivity contribution in [3.8, 4) is 23.0 Å². The number of para-hydroxylation sites is 1. The van der Waals surface area contributed by atoms with E-state index in [1.54, 1.807) is 30.3 Å². The van der Waals surface area contributed by atoms with E-state index in [0.29, 0.717) is 17.8 Å². The van der Waals surface area contributed by atoms with Crippen LogP contribution in [0.15, 0.2) is 135 Å². The van der Waals surface area contributed by atoms with Crippen molar-refractivity contribution in [3.05, 3.63) is 115 Å². The molecule has 9 N–H and O–H groups in total. The molecule has 0 aliphatic rings. The first-order valence-corrected chi connectivity index (χ1v) is 24.7. The van der Waals surface area contributed by atoms with Gasteiger partial charge in [0.2, 0.25) is 17.8 Å². The van der Waals surface area contributed by atoms with Gasteiger partial charge in [-0.2, -0.15) is 15.0 Å². The summed E-state index contributed by atoms with van der Waals surface area (Å²) in [5.41, 5.74) is -1.72. The average molecular weight is 1110 g/mol. The molecule has 24 nitrogen and oxygen atoms in total. The molecule has 0 aliphatic carbocycles. The molecule has 0 atom stereocenters. The van der Waals surface area contributed by atoms with Crippen molar-refractivity contribution in [2.45, 2.75) is 19.6 Å². The van der Waals surface area contributed by atoms with Gasteiger partial charge in [0, 0.05) is 27.8 Å². The minimum absolute atomic E-state index is 0. The topological polar surface area (TPSA) is 409 Å². The van der Waals surface area contributed by atoms with Crippen LogP contribution in [0.2, 0.25) is 0 Å². The molecule has 0 spiro atoms. The largest absolute Gasteiger partial charge is 1.00 e. The molecular formula is C41H28N8Na4O16S4. The third kappa shape index (κ3) is 14.2. The minimum atomic E-state index is -5.41. The quantitative estimate of drug-likeness (QED) is 0.0278. The summed E-state index contributed by atoms with van der Waals surface area (Å²) in [5.74, 6) is -3.36. The Kier molecular flexibility index (Phi) is 20.1. The van der Waals surface area contributed by atoms with Crippen LogP contribution in [0.3, 0.4) is 0 Å². The second-order valence-electron chi connectivity index (χ2n) is 14.5. The van der Waals surface area contributed by atoms with Crippen LogP contribution in [-0.4, -0.2) is 87.3 Å². The number of benzene rings is 7. The van der Waals surface area contributed by atoms with Gasteiger partial charge in [-0.15, -0.1) is 0 Å². The summed E-state index contributed by atoms with van der Waals surface area (Å²) < 4.78 is 145. The fraction of sp³-hybridized carbons (Fsp3) is 0. The van der Waals surface area contributed by atoms with Crippen molar-refractivity contribution >= 4 is 120 Å². The molecule has 8 aromatic rings. The summed E-state index contributed by atoms with van der Waals surface area (Å²) in [5, 5.41) is 56.5. The molecule has 356 valence electrons. The fourth-order valence-electron chi connectivity index (χ4n) is 6.78. The van der Waals surface area contributed by atoms with Crippen molar-refractivity contribution in [3.63, 3.8) is 0 Å². The molecule has 8 rings (SSSR count). The molecule has 1 aromatic heterocycles. The Balaban J connectivity index is 0.00000289. The van der Waals surface area contributed by atoms with E-state index in [2.05, 4.69) is 41.5 Å². The molecular weight excluding hydrogens is 1080 g/mol. The second kappa shape index (κ2) is 23.8. The number of rotatable bonds is 14. The molecule has 0 saturated carbocycles. The van der Waals surface area contributed by atoms with E-state index in [1.807, 2.05) is 0 Å². The van der Waals surface area contributed by atoms with Crippen molar-refractivity contribution in [1.82, 2.24) is 15.0 Å². The van der Waals surface area contributed by atoms with E-state index in [4.69, 9.17) is 0 Å². The van der Waals surface area contributed by atoms with Crippen LogP contribution in [0.5, 0.6) is 23.0 Å². The van der Waals surface area contributed by atoms with Gasteiger partial charge in [0.25, 0.3) is 0 Å². The fourth-order valence-corrected chi connectivity index (χ4v) is 9.11. The summed E-state index contributed by atoms with van der Waals surface area (Å²) in [7, 11) is -20.9. The maximum atomic E-state index is 12.5. The number of nitrogens with one attached hydrogen (secondary N) is 5. The maximum absolute atomic E-state index is 12.5. The second-order valence-corrected chi connectivity index (χ2v) is 20.0. The van der Waals surface area contributed by atoms with Gasteiger partial charge in [0.1, 0.15) is 63.5 Å². The summed E-state index contributed by atoms with van der Waals surface area (Å²) in [4.78, 5) is 9.49. The predicted octanol–water partition coefficient (Wildman–Crippen LogP) is -6.65. The van der Waals surface area contributed by atoms with Crippen molar-refractivity contribution in [1.29, 1.82) is 0 Å². The number of aromatic nitrogens is 3. The summed E-state index contributed by atoms with van der Waals surface area (Å²) in [6.07, 6.45) is 0. The van der Waals surface area contributed by atoms with E-state index in [0.717, 1.165) is 36.4 Å². The number of hydrogen-bond donors (Lipinski definition) is 9.